The van der Waals surface area contributed by atoms with Crippen LogP contribution in [0.15, 0.2) is 71.9 Å². The van der Waals surface area contributed by atoms with Crippen LogP contribution in [0, 0.1) is 11.6 Å². The van der Waals surface area contributed by atoms with Crippen molar-refractivity contribution in [2.24, 2.45) is 0 Å². The molecule has 4 aromatic rings. The second kappa shape index (κ2) is 9.93. The highest BCUT2D eigenvalue weighted by Gasteiger charge is 2.31. The first kappa shape index (κ1) is 25.1. The van der Waals surface area contributed by atoms with Crippen LogP contribution < -0.4 is 26.1 Å². The third-order valence-corrected chi connectivity index (χ3v) is 4.72. The molecule has 0 fully saturated rings. The van der Waals surface area contributed by atoms with Crippen LogP contribution in [0.25, 0.3) is 5.69 Å². The molecule has 2 aromatic carbocycles. The Labute approximate surface area is 203 Å². The predicted octanol–water partition coefficient (Wildman–Crippen LogP) is 4.43. The number of carbonyl (C=O) groups is 1. The van der Waals surface area contributed by atoms with Gasteiger partial charge in [-0.1, -0.05) is 0 Å². The van der Waals surface area contributed by atoms with Gasteiger partial charge in [-0.3, -0.25) is 14.2 Å². The van der Waals surface area contributed by atoms with Crippen LogP contribution in [0.4, 0.5) is 33.5 Å². The van der Waals surface area contributed by atoms with Crippen LogP contribution in [0.2, 0.25) is 0 Å². The lowest BCUT2D eigenvalue weighted by Gasteiger charge is -2.12. The van der Waals surface area contributed by atoms with Gasteiger partial charge in [0.05, 0.1) is 0 Å². The molecule has 9 nitrogen and oxygen atoms in total. The average Bonchev–Trinajstić information content (AvgIpc) is 2.83. The predicted molar refractivity (Wildman–Crippen MR) is 120 cm³/mol. The standard InChI is InChI=1S/C23H14F5N5O4/c24-16-10-12(3-8-17(16)36-21-18(25)19(29)30-11-31-21)32-20(34)15-2-1-9-33(22(15)35)13-4-6-14(7-5-13)37-23(26,27)28/h1-11H,(H,32,34)(H2,29,30,31). The van der Waals surface area contributed by atoms with Gasteiger partial charge in [0.25, 0.3) is 17.3 Å². The van der Waals surface area contributed by atoms with Gasteiger partial charge in [-0.15, -0.1) is 13.2 Å². The van der Waals surface area contributed by atoms with Crippen LogP contribution >= 0.6 is 0 Å². The molecule has 1 amide bonds. The number of halogens is 5. The molecule has 0 unspecified atom stereocenters. The maximum atomic E-state index is 14.5. The molecule has 190 valence electrons. The molecule has 0 bridgehead atoms. The average molecular weight is 519 g/mol. The van der Waals surface area contributed by atoms with Gasteiger partial charge in [-0.25, -0.2) is 9.37 Å². The largest absolute Gasteiger partial charge is 0.573 e. The van der Waals surface area contributed by atoms with Crippen molar-refractivity contribution in [1.29, 1.82) is 0 Å². The van der Waals surface area contributed by atoms with Gasteiger partial charge in [0.1, 0.15) is 17.6 Å². The number of nitrogen functional groups attached to an aromatic ring is 1. The number of hydrogen-bond donors (Lipinski definition) is 2. The summed E-state index contributed by atoms with van der Waals surface area (Å²) in [5.41, 5.74) is 4.30. The summed E-state index contributed by atoms with van der Waals surface area (Å²) in [4.78, 5) is 32.5. The summed E-state index contributed by atoms with van der Waals surface area (Å²) < 4.78 is 75.3. The normalized spacial score (nSPS) is 11.2. The second-order valence-electron chi connectivity index (χ2n) is 7.22. The number of rotatable bonds is 6. The molecule has 4 rings (SSSR count). The van der Waals surface area contributed by atoms with Crippen LogP contribution in [-0.4, -0.2) is 26.8 Å². The fourth-order valence-electron chi connectivity index (χ4n) is 3.08. The molecular weight excluding hydrogens is 505 g/mol. The zero-order chi connectivity index (χ0) is 26.7. The SMILES string of the molecule is Nc1ncnc(Oc2ccc(NC(=O)c3cccn(-c4ccc(OC(F)(F)F)cc4)c3=O)cc2F)c1F. The van der Waals surface area contributed by atoms with E-state index < -0.39 is 52.7 Å². The first-order valence-corrected chi connectivity index (χ1v) is 10.1. The minimum Gasteiger partial charge on any atom is -0.433 e. The third kappa shape index (κ3) is 5.80. The zero-order valence-corrected chi connectivity index (χ0v) is 18.3. The minimum absolute atomic E-state index is 0.0546. The zero-order valence-electron chi connectivity index (χ0n) is 18.3. The summed E-state index contributed by atoms with van der Waals surface area (Å²) in [6, 6.07) is 10.2. The van der Waals surface area contributed by atoms with Crippen molar-refractivity contribution in [2.45, 2.75) is 6.36 Å². The molecule has 0 radical (unpaired) electrons. The highest BCUT2D eigenvalue weighted by molar-refractivity contribution is 6.04. The van der Waals surface area contributed by atoms with Crippen molar-refractivity contribution in [3.05, 3.63) is 94.7 Å². The molecule has 0 saturated carbocycles. The molecular formula is C23H14F5N5O4. The Hall–Kier alpha value is -5.01. The van der Waals surface area contributed by atoms with Gasteiger partial charge in [0.2, 0.25) is 5.82 Å². The van der Waals surface area contributed by atoms with E-state index >= 15 is 0 Å². The fourth-order valence-corrected chi connectivity index (χ4v) is 3.08. The van der Waals surface area contributed by atoms with Crippen LogP contribution in [0.1, 0.15) is 10.4 Å². The number of anilines is 2. The lowest BCUT2D eigenvalue weighted by Crippen LogP contribution is -2.27. The lowest BCUT2D eigenvalue weighted by molar-refractivity contribution is -0.274. The van der Waals surface area contributed by atoms with E-state index in [1.807, 2.05) is 0 Å². The maximum Gasteiger partial charge on any atom is 0.573 e. The Morgan fingerprint density at radius 3 is 2.43 bits per heavy atom. The third-order valence-electron chi connectivity index (χ3n) is 4.72. The van der Waals surface area contributed by atoms with E-state index in [1.165, 1.54) is 36.5 Å². The summed E-state index contributed by atoms with van der Waals surface area (Å²) in [5.74, 6) is -4.96. The van der Waals surface area contributed by atoms with E-state index in [4.69, 9.17) is 10.5 Å². The quantitative estimate of drug-likeness (QED) is 0.362. The summed E-state index contributed by atoms with van der Waals surface area (Å²) in [6.45, 7) is 0. The van der Waals surface area contributed by atoms with Gasteiger partial charge < -0.3 is 20.5 Å². The molecule has 37 heavy (non-hydrogen) atoms. The van der Waals surface area contributed by atoms with E-state index in [1.54, 1.807) is 0 Å². The highest BCUT2D eigenvalue weighted by atomic mass is 19.4. The molecule has 14 heteroatoms. The lowest BCUT2D eigenvalue weighted by atomic mass is 10.2. The molecule has 2 heterocycles. The number of hydrogen-bond acceptors (Lipinski definition) is 7. The van der Waals surface area contributed by atoms with Crippen molar-refractivity contribution in [3.8, 4) is 23.1 Å². The molecule has 0 aliphatic heterocycles. The number of pyridine rings is 1. The molecule has 0 atom stereocenters. The van der Waals surface area contributed by atoms with Crippen LogP contribution in [-0.2, 0) is 0 Å². The van der Waals surface area contributed by atoms with E-state index in [0.717, 1.165) is 35.2 Å². The van der Waals surface area contributed by atoms with Crippen LogP contribution in [0.5, 0.6) is 17.4 Å². The second-order valence-corrected chi connectivity index (χ2v) is 7.22. The van der Waals surface area contributed by atoms with Gasteiger partial charge >= 0.3 is 6.36 Å². The summed E-state index contributed by atoms with van der Waals surface area (Å²) in [7, 11) is 0. The van der Waals surface area contributed by atoms with Crippen molar-refractivity contribution in [3.63, 3.8) is 0 Å². The smallest absolute Gasteiger partial charge is 0.433 e. The molecule has 2 aromatic heterocycles. The Balaban J connectivity index is 1.52. The van der Waals surface area contributed by atoms with E-state index in [2.05, 4.69) is 20.0 Å². The molecule has 0 spiro atoms. The number of carbonyl (C=O) groups excluding carboxylic acids is 1. The topological polar surface area (TPSA) is 121 Å². The summed E-state index contributed by atoms with van der Waals surface area (Å²) in [6.07, 6.45) is -2.64. The molecule has 0 aliphatic rings. The summed E-state index contributed by atoms with van der Waals surface area (Å²) >= 11 is 0. The number of amides is 1. The number of nitrogens with zero attached hydrogens (tertiary/aromatic N) is 3. The first-order valence-electron chi connectivity index (χ1n) is 10.1. The monoisotopic (exact) mass is 519 g/mol. The number of benzene rings is 2. The fraction of sp³-hybridized carbons (Fsp3) is 0.0435. The Morgan fingerprint density at radius 1 is 1.03 bits per heavy atom. The summed E-state index contributed by atoms with van der Waals surface area (Å²) in [5, 5.41) is 2.35. The van der Waals surface area contributed by atoms with Crippen LogP contribution in [0.3, 0.4) is 0 Å². The van der Waals surface area contributed by atoms with Crippen molar-refractivity contribution >= 4 is 17.4 Å². The van der Waals surface area contributed by atoms with Gasteiger partial charge in [0.15, 0.2) is 17.4 Å². The van der Waals surface area contributed by atoms with Gasteiger partial charge in [-0.2, -0.15) is 9.37 Å². The van der Waals surface area contributed by atoms with Crippen molar-refractivity contribution in [2.75, 3.05) is 11.1 Å². The van der Waals surface area contributed by atoms with E-state index in [-0.39, 0.29) is 16.9 Å². The Kier molecular flexibility index (Phi) is 6.73. The molecule has 0 saturated heterocycles. The Morgan fingerprint density at radius 2 is 1.76 bits per heavy atom. The number of nitrogens with two attached hydrogens (primary N) is 1. The molecule has 3 N–H and O–H groups in total. The van der Waals surface area contributed by atoms with E-state index in [9.17, 15) is 31.5 Å². The first-order chi connectivity index (χ1) is 17.5. The van der Waals surface area contributed by atoms with Gasteiger partial charge in [-0.05, 0) is 48.5 Å². The maximum absolute atomic E-state index is 14.5. The van der Waals surface area contributed by atoms with Crippen molar-refractivity contribution < 1.29 is 36.2 Å². The Bertz CT molecular complexity index is 1520. The number of ether oxygens (including phenoxy) is 2. The minimum atomic E-state index is -4.87. The van der Waals surface area contributed by atoms with E-state index in [0.29, 0.717) is 0 Å². The number of aromatic nitrogens is 3. The number of alkyl halides is 3. The number of nitrogens with one attached hydrogen (secondary N) is 1. The highest BCUT2D eigenvalue weighted by Crippen LogP contribution is 2.28. The van der Waals surface area contributed by atoms with Gasteiger partial charge in [0, 0.05) is 23.6 Å². The molecule has 0 aliphatic carbocycles. The van der Waals surface area contributed by atoms with Crippen molar-refractivity contribution in [1.82, 2.24) is 14.5 Å².